The smallest absolute Gasteiger partial charge is 0.281 e. The molecule has 7 heteroatoms. The molecule has 2 aromatic carbocycles. The van der Waals surface area contributed by atoms with Crippen LogP contribution in [0.25, 0.3) is 11.6 Å². The molecule has 2 heterocycles. The molecule has 140 valence electrons. The largest absolute Gasteiger partial charge is 0.461 e. The van der Waals surface area contributed by atoms with Gasteiger partial charge in [0.05, 0.1) is 6.26 Å². The SMILES string of the molecule is Cc1cccc(C(=O)n2nc(-c3ccco3)nc2NCc2ccc(F)cc2)c1. The Bertz CT molecular complexity index is 1100. The molecule has 0 saturated heterocycles. The molecule has 28 heavy (non-hydrogen) atoms. The van der Waals surface area contributed by atoms with Gasteiger partial charge in [-0.15, -0.1) is 5.10 Å². The van der Waals surface area contributed by atoms with E-state index in [4.69, 9.17) is 4.42 Å². The van der Waals surface area contributed by atoms with Gasteiger partial charge in [0.25, 0.3) is 5.91 Å². The first kappa shape index (κ1) is 17.7. The summed E-state index contributed by atoms with van der Waals surface area (Å²) in [4.78, 5) is 17.4. The Labute approximate surface area is 160 Å². The van der Waals surface area contributed by atoms with Gasteiger partial charge in [-0.05, 0) is 48.9 Å². The van der Waals surface area contributed by atoms with E-state index in [0.717, 1.165) is 11.1 Å². The van der Waals surface area contributed by atoms with Crippen molar-refractivity contribution in [2.45, 2.75) is 13.5 Å². The second kappa shape index (κ2) is 7.48. The summed E-state index contributed by atoms with van der Waals surface area (Å²) in [5, 5.41) is 7.43. The van der Waals surface area contributed by atoms with Gasteiger partial charge in [0.1, 0.15) is 5.82 Å². The number of benzene rings is 2. The number of hydrogen-bond donors (Lipinski definition) is 1. The predicted molar refractivity (Wildman–Crippen MR) is 102 cm³/mol. The van der Waals surface area contributed by atoms with Crippen molar-refractivity contribution in [3.05, 3.63) is 89.4 Å². The summed E-state index contributed by atoms with van der Waals surface area (Å²) >= 11 is 0. The molecule has 0 saturated carbocycles. The minimum atomic E-state index is -0.310. The molecule has 4 aromatic rings. The van der Waals surface area contributed by atoms with Gasteiger partial charge in [-0.1, -0.05) is 29.8 Å². The van der Waals surface area contributed by atoms with Crippen molar-refractivity contribution in [3.63, 3.8) is 0 Å². The Morgan fingerprint density at radius 2 is 1.96 bits per heavy atom. The Kier molecular flexibility index (Phi) is 4.72. The number of nitrogens with zero attached hydrogens (tertiary/aromatic N) is 3. The van der Waals surface area contributed by atoms with Crippen molar-refractivity contribution < 1.29 is 13.6 Å². The van der Waals surface area contributed by atoms with Gasteiger partial charge >= 0.3 is 0 Å². The van der Waals surface area contributed by atoms with Crippen LogP contribution in [0.3, 0.4) is 0 Å². The number of nitrogens with one attached hydrogen (secondary N) is 1. The fourth-order valence-electron chi connectivity index (χ4n) is 2.76. The fourth-order valence-corrected chi connectivity index (χ4v) is 2.76. The van der Waals surface area contributed by atoms with Crippen molar-refractivity contribution in [1.29, 1.82) is 0 Å². The number of rotatable bonds is 5. The van der Waals surface area contributed by atoms with Crippen LogP contribution in [0, 0.1) is 12.7 Å². The van der Waals surface area contributed by atoms with E-state index >= 15 is 0 Å². The molecule has 0 atom stereocenters. The average Bonchev–Trinajstić information content (AvgIpc) is 3.37. The zero-order valence-electron chi connectivity index (χ0n) is 15.1. The molecule has 0 spiro atoms. The fraction of sp³-hybridized carbons (Fsp3) is 0.0952. The van der Waals surface area contributed by atoms with Gasteiger partial charge < -0.3 is 9.73 Å². The maximum atomic E-state index is 13.1. The van der Waals surface area contributed by atoms with E-state index in [1.165, 1.54) is 23.1 Å². The molecule has 2 aromatic heterocycles. The summed E-state index contributed by atoms with van der Waals surface area (Å²) < 4.78 is 19.7. The molecule has 0 bridgehead atoms. The molecule has 0 amide bonds. The minimum Gasteiger partial charge on any atom is -0.461 e. The van der Waals surface area contributed by atoms with E-state index in [1.807, 2.05) is 19.1 Å². The standard InChI is InChI=1S/C21H17FN4O2/c1-14-4-2-5-16(12-14)20(27)26-21(23-13-15-7-9-17(22)10-8-15)24-19(25-26)18-6-3-11-28-18/h2-12H,13H2,1H3,(H,23,24,25). The lowest BCUT2D eigenvalue weighted by Gasteiger charge is -2.08. The minimum absolute atomic E-state index is 0.280. The van der Waals surface area contributed by atoms with Crippen LogP contribution >= 0.6 is 0 Å². The van der Waals surface area contributed by atoms with Gasteiger partial charge in [0, 0.05) is 12.1 Å². The summed E-state index contributed by atoms with van der Waals surface area (Å²) in [6.45, 7) is 2.28. The van der Waals surface area contributed by atoms with Crippen molar-refractivity contribution in [3.8, 4) is 11.6 Å². The lowest BCUT2D eigenvalue weighted by molar-refractivity contribution is 0.0947. The molecule has 0 aliphatic rings. The van der Waals surface area contributed by atoms with Crippen molar-refractivity contribution in [1.82, 2.24) is 14.8 Å². The summed E-state index contributed by atoms with van der Waals surface area (Å²) in [6, 6.07) is 16.8. The van der Waals surface area contributed by atoms with Crippen LogP contribution in [-0.4, -0.2) is 20.7 Å². The first-order chi connectivity index (χ1) is 13.6. The highest BCUT2D eigenvalue weighted by Crippen LogP contribution is 2.20. The topological polar surface area (TPSA) is 73.0 Å². The van der Waals surface area contributed by atoms with Crippen LogP contribution < -0.4 is 5.32 Å². The number of carbonyl (C=O) groups is 1. The van der Waals surface area contributed by atoms with E-state index < -0.39 is 0 Å². The number of aromatic nitrogens is 3. The quantitative estimate of drug-likeness (QED) is 0.563. The normalized spacial score (nSPS) is 10.8. The van der Waals surface area contributed by atoms with Crippen LogP contribution in [0.5, 0.6) is 0 Å². The first-order valence-corrected chi connectivity index (χ1v) is 8.71. The molecule has 0 radical (unpaired) electrons. The number of anilines is 1. The Hall–Kier alpha value is -3.74. The molecule has 0 aliphatic carbocycles. The third kappa shape index (κ3) is 3.68. The van der Waals surface area contributed by atoms with Gasteiger partial charge in [0.2, 0.25) is 11.8 Å². The van der Waals surface area contributed by atoms with Crippen LogP contribution in [0.2, 0.25) is 0 Å². The van der Waals surface area contributed by atoms with Crippen molar-refractivity contribution in [2.24, 2.45) is 0 Å². The maximum Gasteiger partial charge on any atom is 0.281 e. The second-order valence-electron chi connectivity index (χ2n) is 6.30. The molecule has 0 unspecified atom stereocenters. The zero-order valence-corrected chi connectivity index (χ0v) is 15.1. The van der Waals surface area contributed by atoms with Gasteiger partial charge in [-0.3, -0.25) is 4.79 Å². The second-order valence-corrected chi connectivity index (χ2v) is 6.30. The summed E-state index contributed by atoms with van der Waals surface area (Å²) in [7, 11) is 0. The van der Waals surface area contributed by atoms with E-state index in [0.29, 0.717) is 23.7 Å². The van der Waals surface area contributed by atoms with E-state index in [2.05, 4.69) is 15.4 Å². The third-order valence-corrected chi connectivity index (χ3v) is 4.17. The average molecular weight is 376 g/mol. The maximum absolute atomic E-state index is 13.1. The van der Waals surface area contributed by atoms with Crippen LogP contribution in [0.15, 0.2) is 71.3 Å². The lowest BCUT2D eigenvalue weighted by Crippen LogP contribution is -2.17. The molecular formula is C21H17FN4O2. The molecule has 0 aliphatic heterocycles. The monoisotopic (exact) mass is 376 g/mol. The van der Waals surface area contributed by atoms with Crippen LogP contribution in [-0.2, 0) is 6.54 Å². The number of hydrogen-bond acceptors (Lipinski definition) is 5. The summed E-state index contributed by atoms with van der Waals surface area (Å²) in [5.41, 5.74) is 2.32. The van der Waals surface area contributed by atoms with Crippen molar-refractivity contribution in [2.75, 3.05) is 5.32 Å². The molecule has 4 rings (SSSR count). The van der Waals surface area contributed by atoms with Crippen molar-refractivity contribution >= 4 is 11.9 Å². The van der Waals surface area contributed by atoms with Crippen LogP contribution in [0.1, 0.15) is 21.5 Å². The van der Waals surface area contributed by atoms with E-state index in [-0.39, 0.29) is 17.7 Å². The number of halogens is 1. The third-order valence-electron chi connectivity index (χ3n) is 4.17. The number of carbonyl (C=O) groups excluding carboxylic acids is 1. The highest BCUT2D eigenvalue weighted by molar-refractivity contribution is 5.97. The molecule has 1 N–H and O–H groups in total. The van der Waals surface area contributed by atoms with Gasteiger partial charge in [-0.25, -0.2) is 4.39 Å². The van der Waals surface area contributed by atoms with Gasteiger partial charge in [-0.2, -0.15) is 9.67 Å². The highest BCUT2D eigenvalue weighted by Gasteiger charge is 2.20. The Balaban J connectivity index is 1.67. The predicted octanol–water partition coefficient (Wildman–Crippen LogP) is 4.29. The summed E-state index contributed by atoms with van der Waals surface area (Å²) in [5.74, 6) is 0.424. The molecule has 6 nitrogen and oxygen atoms in total. The number of aryl methyl sites for hydroxylation is 1. The lowest BCUT2D eigenvalue weighted by atomic mass is 10.1. The first-order valence-electron chi connectivity index (χ1n) is 8.71. The van der Waals surface area contributed by atoms with E-state index in [1.54, 1.807) is 36.4 Å². The number of furan rings is 1. The molecule has 0 fully saturated rings. The summed E-state index contributed by atoms with van der Waals surface area (Å²) in [6.07, 6.45) is 1.52. The molecular weight excluding hydrogens is 359 g/mol. The zero-order chi connectivity index (χ0) is 19.5. The van der Waals surface area contributed by atoms with E-state index in [9.17, 15) is 9.18 Å². The Morgan fingerprint density at radius 1 is 1.14 bits per heavy atom. The highest BCUT2D eigenvalue weighted by atomic mass is 19.1. The van der Waals surface area contributed by atoms with Crippen LogP contribution in [0.4, 0.5) is 10.3 Å². The Morgan fingerprint density at radius 3 is 2.68 bits per heavy atom. The van der Waals surface area contributed by atoms with Gasteiger partial charge in [0.15, 0.2) is 5.76 Å².